The summed E-state index contributed by atoms with van der Waals surface area (Å²) in [6, 6.07) is 0.945. The summed E-state index contributed by atoms with van der Waals surface area (Å²) in [7, 11) is 1.86. The zero-order chi connectivity index (χ0) is 15.5. The third kappa shape index (κ3) is 4.28. The highest BCUT2D eigenvalue weighted by Crippen LogP contribution is 2.52. The molecule has 0 aromatic rings. The van der Waals surface area contributed by atoms with Crippen LogP contribution in [0.2, 0.25) is 0 Å². The van der Waals surface area contributed by atoms with Gasteiger partial charge in [-0.15, -0.1) is 24.0 Å². The van der Waals surface area contributed by atoms with E-state index in [1.54, 1.807) is 0 Å². The molecule has 1 aliphatic heterocycles. The first kappa shape index (κ1) is 20.0. The van der Waals surface area contributed by atoms with E-state index in [0.717, 1.165) is 12.6 Å². The van der Waals surface area contributed by atoms with Crippen LogP contribution in [0.5, 0.6) is 0 Å². The molecule has 0 radical (unpaired) electrons. The Morgan fingerprint density at radius 1 is 1.36 bits per heavy atom. The van der Waals surface area contributed by atoms with E-state index in [-0.39, 0.29) is 29.4 Å². The second-order valence-corrected chi connectivity index (χ2v) is 7.30. The summed E-state index contributed by atoms with van der Waals surface area (Å²) in [5, 5.41) is 7.19. The molecule has 2 rings (SSSR count). The number of nitrogens with zero attached hydrogens (tertiary/aromatic N) is 1. The summed E-state index contributed by atoms with van der Waals surface area (Å²) in [4.78, 5) is 4.41. The average molecular weight is 423 g/mol. The number of fused-ring (bicyclic) bond motifs is 1. The lowest BCUT2D eigenvalue weighted by molar-refractivity contribution is -0.106. The first-order valence-corrected chi connectivity index (χ1v) is 8.62. The van der Waals surface area contributed by atoms with Crippen LogP contribution in [0, 0.1) is 11.3 Å². The number of ether oxygens (including phenoxy) is 1. The highest BCUT2D eigenvalue weighted by Gasteiger charge is 2.59. The van der Waals surface area contributed by atoms with Crippen LogP contribution in [0.25, 0.3) is 0 Å². The maximum atomic E-state index is 5.86. The molecule has 1 aliphatic carbocycles. The van der Waals surface area contributed by atoms with Gasteiger partial charge in [0.1, 0.15) is 0 Å². The Morgan fingerprint density at radius 2 is 2.09 bits per heavy atom. The molecule has 22 heavy (non-hydrogen) atoms. The minimum Gasteiger partial charge on any atom is -0.377 e. The quantitative estimate of drug-likeness (QED) is 0.297. The van der Waals surface area contributed by atoms with Crippen LogP contribution >= 0.6 is 24.0 Å². The highest BCUT2D eigenvalue weighted by molar-refractivity contribution is 14.0. The Morgan fingerprint density at radius 3 is 2.73 bits per heavy atom. The highest BCUT2D eigenvalue weighted by atomic mass is 127. The zero-order valence-corrected chi connectivity index (χ0v) is 17.1. The number of hydrogen-bond donors (Lipinski definition) is 2. The molecule has 0 aromatic heterocycles. The van der Waals surface area contributed by atoms with Gasteiger partial charge in [-0.05, 0) is 19.8 Å². The van der Waals surface area contributed by atoms with Crippen molar-refractivity contribution in [3.05, 3.63) is 0 Å². The zero-order valence-electron chi connectivity index (χ0n) is 14.8. The van der Waals surface area contributed by atoms with Gasteiger partial charge in [-0.3, -0.25) is 4.99 Å². The minimum absolute atomic E-state index is 0. The minimum atomic E-state index is 0. The molecule has 2 N–H and O–H groups in total. The van der Waals surface area contributed by atoms with Gasteiger partial charge in [-0.2, -0.15) is 0 Å². The molecule has 4 unspecified atom stereocenters. The molecule has 2 fully saturated rings. The fourth-order valence-corrected chi connectivity index (χ4v) is 3.94. The van der Waals surface area contributed by atoms with E-state index in [9.17, 15) is 0 Å². The van der Waals surface area contributed by atoms with Crippen molar-refractivity contribution in [3.8, 4) is 0 Å². The van der Waals surface area contributed by atoms with Crippen LogP contribution < -0.4 is 10.6 Å². The summed E-state index contributed by atoms with van der Waals surface area (Å²) >= 11 is 0. The van der Waals surface area contributed by atoms with Gasteiger partial charge in [-0.25, -0.2) is 0 Å². The van der Waals surface area contributed by atoms with Gasteiger partial charge in [-0.1, -0.05) is 40.0 Å². The van der Waals surface area contributed by atoms with Gasteiger partial charge in [0.15, 0.2) is 5.96 Å². The fourth-order valence-electron chi connectivity index (χ4n) is 3.94. The van der Waals surface area contributed by atoms with Gasteiger partial charge in [0.2, 0.25) is 0 Å². The second kappa shape index (κ2) is 8.71. The van der Waals surface area contributed by atoms with Gasteiger partial charge in [0, 0.05) is 37.1 Å². The second-order valence-electron chi connectivity index (χ2n) is 7.30. The van der Waals surface area contributed by atoms with Crippen molar-refractivity contribution in [1.82, 2.24) is 10.6 Å². The summed E-state index contributed by atoms with van der Waals surface area (Å²) in [5.41, 5.74) is 0.199. The molecule has 1 saturated heterocycles. The van der Waals surface area contributed by atoms with E-state index in [1.807, 2.05) is 7.05 Å². The number of rotatable bonds is 6. The van der Waals surface area contributed by atoms with E-state index in [4.69, 9.17) is 4.74 Å². The van der Waals surface area contributed by atoms with E-state index < -0.39 is 0 Å². The standard InChI is InChI=1S/C17H33N3O.HI/c1-6-7-8-9-12(2)19-16(18-5)20-14-13-10-11-21-15(13)17(14,3)4;/h12-15H,6-11H2,1-5H3,(H2,18,19,20);1H. The third-order valence-electron chi connectivity index (χ3n) is 5.24. The van der Waals surface area contributed by atoms with Crippen LogP contribution in [-0.4, -0.2) is 37.8 Å². The maximum absolute atomic E-state index is 5.86. The number of nitrogens with one attached hydrogen (secondary N) is 2. The molecule has 4 atom stereocenters. The van der Waals surface area contributed by atoms with E-state index in [2.05, 4.69) is 43.3 Å². The van der Waals surface area contributed by atoms with E-state index >= 15 is 0 Å². The molecule has 0 spiro atoms. The lowest BCUT2D eigenvalue weighted by Gasteiger charge is -2.55. The lowest BCUT2D eigenvalue weighted by Crippen LogP contribution is -2.68. The number of unbranched alkanes of at least 4 members (excludes halogenated alkanes) is 2. The van der Waals surface area contributed by atoms with Gasteiger partial charge < -0.3 is 15.4 Å². The predicted molar refractivity (Wildman–Crippen MR) is 104 cm³/mol. The Kier molecular flexibility index (Phi) is 7.92. The summed E-state index contributed by atoms with van der Waals surface area (Å²) in [6.45, 7) is 10.0. The lowest BCUT2D eigenvalue weighted by atomic mass is 9.57. The van der Waals surface area contributed by atoms with Crippen molar-refractivity contribution in [1.29, 1.82) is 0 Å². The van der Waals surface area contributed by atoms with Crippen LogP contribution in [0.15, 0.2) is 4.99 Å². The van der Waals surface area contributed by atoms with Crippen molar-refractivity contribution in [2.24, 2.45) is 16.3 Å². The van der Waals surface area contributed by atoms with Crippen molar-refractivity contribution in [3.63, 3.8) is 0 Å². The number of guanidine groups is 1. The van der Waals surface area contributed by atoms with E-state index in [0.29, 0.717) is 24.1 Å². The molecule has 0 bridgehead atoms. The van der Waals surface area contributed by atoms with Crippen molar-refractivity contribution < 1.29 is 4.74 Å². The van der Waals surface area contributed by atoms with Crippen molar-refractivity contribution in [2.75, 3.05) is 13.7 Å². The monoisotopic (exact) mass is 423 g/mol. The predicted octanol–water partition coefficient (Wildman–Crippen LogP) is 3.55. The largest absolute Gasteiger partial charge is 0.377 e. The Labute approximate surface area is 153 Å². The molecule has 1 heterocycles. The molecular weight excluding hydrogens is 389 g/mol. The smallest absolute Gasteiger partial charge is 0.191 e. The van der Waals surface area contributed by atoms with Crippen LogP contribution in [0.3, 0.4) is 0 Å². The number of halogens is 1. The molecule has 130 valence electrons. The first-order chi connectivity index (χ1) is 10.0. The Bertz CT molecular complexity index is 373. The van der Waals surface area contributed by atoms with E-state index in [1.165, 1.54) is 32.1 Å². The molecule has 1 saturated carbocycles. The molecule has 0 aromatic carbocycles. The van der Waals surface area contributed by atoms with Gasteiger partial charge in [0.05, 0.1) is 6.10 Å². The Hall–Kier alpha value is -0.0400. The summed E-state index contributed by atoms with van der Waals surface area (Å²) < 4.78 is 5.86. The average Bonchev–Trinajstić information content (AvgIpc) is 2.90. The molecule has 2 aliphatic rings. The van der Waals surface area contributed by atoms with Gasteiger partial charge in [0.25, 0.3) is 0 Å². The summed E-state index contributed by atoms with van der Waals surface area (Å²) in [6.07, 6.45) is 6.69. The molecule has 5 heteroatoms. The summed E-state index contributed by atoms with van der Waals surface area (Å²) in [5.74, 6) is 1.59. The molecule has 4 nitrogen and oxygen atoms in total. The van der Waals surface area contributed by atoms with Crippen molar-refractivity contribution in [2.45, 2.75) is 78.0 Å². The van der Waals surface area contributed by atoms with Crippen LogP contribution in [-0.2, 0) is 4.74 Å². The first-order valence-electron chi connectivity index (χ1n) is 8.62. The molecule has 0 amide bonds. The van der Waals surface area contributed by atoms with Crippen LogP contribution in [0.4, 0.5) is 0 Å². The van der Waals surface area contributed by atoms with Crippen molar-refractivity contribution >= 4 is 29.9 Å². The third-order valence-corrected chi connectivity index (χ3v) is 5.24. The maximum Gasteiger partial charge on any atom is 0.191 e. The van der Waals surface area contributed by atoms with Crippen LogP contribution in [0.1, 0.15) is 59.8 Å². The normalized spacial score (nSPS) is 30.8. The topological polar surface area (TPSA) is 45.7 Å². The SMILES string of the molecule is CCCCCC(C)NC(=NC)NC1C2CCOC2C1(C)C.I. The Balaban J connectivity index is 0.00000242. The van der Waals surface area contributed by atoms with Gasteiger partial charge >= 0.3 is 0 Å². The fraction of sp³-hybridized carbons (Fsp3) is 0.941. The number of hydrogen-bond acceptors (Lipinski definition) is 2. The number of aliphatic imine (C=N–C) groups is 1. The molecular formula is C17H34IN3O.